The number of hydrogen-bond donors (Lipinski definition) is 0. The molecule has 0 spiro atoms. The van der Waals surface area contributed by atoms with Gasteiger partial charge in [-0.3, -0.25) is 9.69 Å². The van der Waals surface area contributed by atoms with Crippen LogP contribution in [0.4, 0.5) is 5.13 Å². The van der Waals surface area contributed by atoms with E-state index in [1.165, 1.54) is 19.4 Å². The fourth-order valence-corrected chi connectivity index (χ4v) is 4.31. The molecule has 0 amide bonds. The Morgan fingerprint density at radius 1 is 1.15 bits per heavy atom. The molecule has 1 saturated carbocycles. The number of carbonyl (C=O) groups is 1. The number of rotatable bonds is 3. The van der Waals surface area contributed by atoms with Gasteiger partial charge in [-0.25, -0.2) is 4.98 Å². The first-order chi connectivity index (χ1) is 9.79. The monoisotopic (exact) mass is 291 g/mol. The number of nitrogens with zero attached hydrogens (tertiary/aromatic N) is 3. The van der Waals surface area contributed by atoms with Gasteiger partial charge in [-0.05, 0) is 31.6 Å². The van der Waals surface area contributed by atoms with Crippen LogP contribution in [0.1, 0.15) is 41.0 Å². The predicted molar refractivity (Wildman–Crippen MR) is 80.8 cm³/mol. The second-order valence-electron chi connectivity index (χ2n) is 6.28. The third-order valence-electron chi connectivity index (χ3n) is 4.61. The van der Waals surface area contributed by atoms with E-state index in [1.807, 2.05) is 0 Å². The summed E-state index contributed by atoms with van der Waals surface area (Å²) in [6.45, 7) is 5.71. The number of hydrogen-bond acceptors (Lipinski definition) is 5. The molecule has 0 atom stereocenters. The minimum absolute atomic E-state index is 0.308. The molecule has 1 saturated heterocycles. The number of piperazine rings is 1. The number of fused-ring (bicyclic) bond motifs is 1. The molecule has 5 heteroatoms. The highest BCUT2D eigenvalue weighted by molar-refractivity contribution is 7.17. The predicted octanol–water partition coefficient (Wildman–Crippen LogP) is 2.19. The summed E-state index contributed by atoms with van der Waals surface area (Å²) in [6, 6.07) is 0. The Hall–Kier alpha value is -0.940. The fraction of sp³-hybridized carbons (Fsp3) is 0.733. The Kier molecular flexibility index (Phi) is 3.27. The maximum Gasteiger partial charge on any atom is 0.186 e. The molecule has 3 aliphatic rings. The molecule has 0 bridgehead atoms. The summed E-state index contributed by atoms with van der Waals surface area (Å²) in [4.78, 5) is 22.5. The third-order valence-corrected chi connectivity index (χ3v) is 5.81. The zero-order valence-corrected chi connectivity index (χ0v) is 12.6. The average molecular weight is 291 g/mol. The minimum atomic E-state index is 0.308. The highest BCUT2D eigenvalue weighted by atomic mass is 32.1. The molecule has 2 heterocycles. The quantitative estimate of drug-likeness (QED) is 0.855. The lowest BCUT2D eigenvalue weighted by Crippen LogP contribution is -2.47. The summed E-state index contributed by atoms with van der Waals surface area (Å²) in [5.41, 5.74) is 1.06. The van der Waals surface area contributed by atoms with E-state index in [0.29, 0.717) is 12.2 Å². The average Bonchev–Trinajstić information content (AvgIpc) is 3.16. The van der Waals surface area contributed by atoms with Crippen molar-refractivity contribution in [2.45, 2.75) is 32.1 Å². The smallest absolute Gasteiger partial charge is 0.186 e. The number of anilines is 1. The van der Waals surface area contributed by atoms with Gasteiger partial charge >= 0.3 is 0 Å². The van der Waals surface area contributed by atoms with E-state index < -0.39 is 0 Å². The van der Waals surface area contributed by atoms with E-state index in [-0.39, 0.29) is 0 Å². The highest BCUT2D eigenvalue weighted by Crippen LogP contribution is 2.33. The first-order valence-corrected chi connectivity index (χ1v) is 8.61. The molecular formula is C15H21N3OS. The fourth-order valence-electron chi connectivity index (χ4n) is 3.18. The van der Waals surface area contributed by atoms with E-state index >= 15 is 0 Å². The molecular weight excluding hydrogens is 270 g/mol. The molecule has 0 N–H and O–H groups in total. The van der Waals surface area contributed by atoms with Gasteiger partial charge in [0.15, 0.2) is 10.9 Å². The van der Waals surface area contributed by atoms with Crippen molar-refractivity contribution >= 4 is 22.3 Å². The second kappa shape index (κ2) is 5.11. The van der Waals surface area contributed by atoms with E-state index in [4.69, 9.17) is 4.98 Å². The van der Waals surface area contributed by atoms with Crippen molar-refractivity contribution in [2.24, 2.45) is 5.92 Å². The van der Waals surface area contributed by atoms with E-state index in [2.05, 4.69) is 9.80 Å². The second-order valence-corrected chi connectivity index (χ2v) is 7.26. The van der Waals surface area contributed by atoms with E-state index in [1.54, 1.807) is 11.3 Å². The van der Waals surface area contributed by atoms with Crippen LogP contribution >= 0.6 is 11.3 Å². The molecule has 0 aromatic carbocycles. The zero-order chi connectivity index (χ0) is 13.5. The Balaban J connectivity index is 1.42. The number of aryl methyl sites for hydroxylation is 1. The molecule has 108 valence electrons. The zero-order valence-electron chi connectivity index (χ0n) is 11.8. The summed E-state index contributed by atoms with van der Waals surface area (Å²) >= 11 is 1.62. The van der Waals surface area contributed by atoms with E-state index in [0.717, 1.165) is 60.6 Å². The van der Waals surface area contributed by atoms with Gasteiger partial charge in [0.1, 0.15) is 0 Å². The summed E-state index contributed by atoms with van der Waals surface area (Å²) in [5, 5.41) is 1.08. The van der Waals surface area contributed by atoms with E-state index in [9.17, 15) is 4.79 Å². The van der Waals surface area contributed by atoms with Gasteiger partial charge in [0, 0.05) is 39.1 Å². The van der Waals surface area contributed by atoms with Crippen LogP contribution in [0.2, 0.25) is 0 Å². The van der Waals surface area contributed by atoms with Crippen molar-refractivity contribution in [2.75, 3.05) is 37.6 Å². The third kappa shape index (κ3) is 2.49. The molecule has 1 aliphatic heterocycles. The lowest BCUT2D eigenvalue weighted by atomic mass is 10.0. The maximum absolute atomic E-state index is 11.9. The Morgan fingerprint density at radius 2 is 1.95 bits per heavy atom. The molecule has 1 aromatic heterocycles. The first kappa shape index (κ1) is 12.8. The Morgan fingerprint density at radius 3 is 2.65 bits per heavy atom. The maximum atomic E-state index is 11.9. The molecule has 0 radical (unpaired) electrons. The largest absolute Gasteiger partial charge is 0.346 e. The number of thiazole rings is 1. The van der Waals surface area contributed by atoms with Crippen molar-refractivity contribution < 1.29 is 4.79 Å². The van der Waals surface area contributed by atoms with Crippen LogP contribution in [0, 0.1) is 5.92 Å². The number of aromatic nitrogens is 1. The normalized spacial score (nSPS) is 24.0. The molecule has 1 aromatic rings. The van der Waals surface area contributed by atoms with Gasteiger partial charge in [0.25, 0.3) is 0 Å². The van der Waals surface area contributed by atoms with Crippen LogP contribution in [-0.2, 0) is 6.42 Å². The SMILES string of the molecule is O=C1CCCc2nc(N3CCN(CC4CC4)CC3)sc21. The molecule has 4 rings (SSSR count). The summed E-state index contributed by atoms with van der Waals surface area (Å²) < 4.78 is 0. The van der Waals surface area contributed by atoms with Crippen LogP contribution in [-0.4, -0.2) is 48.4 Å². The lowest BCUT2D eigenvalue weighted by molar-refractivity contribution is 0.0976. The van der Waals surface area contributed by atoms with Crippen LogP contribution in [0.25, 0.3) is 0 Å². The van der Waals surface area contributed by atoms with Gasteiger partial charge in [0.05, 0.1) is 10.6 Å². The van der Waals surface area contributed by atoms with Crippen LogP contribution in [0.3, 0.4) is 0 Å². The van der Waals surface area contributed by atoms with Crippen molar-refractivity contribution in [3.8, 4) is 0 Å². The van der Waals surface area contributed by atoms with Crippen LogP contribution in [0.15, 0.2) is 0 Å². The minimum Gasteiger partial charge on any atom is -0.346 e. The number of carbonyl (C=O) groups excluding carboxylic acids is 1. The molecule has 4 nitrogen and oxygen atoms in total. The van der Waals surface area contributed by atoms with Crippen molar-refractivity contribution in [1.29, 1.82) is 0 Å². The van der Waals surface area contributed by atoms with Crippen molar-refractivity contribution in [3.05, 3.63) is 10.6 Å². The van der Waals surface area contributed by atoms with Gasteiger partial charge in [0.2, 0.25) is 0 Å². The number of ketones is 1. The molecule has 2 aliphatic carbocycles. The summed E-state index contributed by atoms with van der Waals surface area (Å²) in [5.74, 6) is 1.29. The highest BCUT2D eigenvalue weighted by Gasteiger charge is 2.28. The summed E-state index contributed by atoms with van der Waals surface area (Å²) in [6.07, 6.45) is 5.54. The Labute approximate surface area is 123 Å². The van der Waals surface area contributed by atoms with Gasteiger partial charge < -0.3 is 4.90 Å². The van der Waals surface area contributed by atoms with Gasteiger partial charge in [-0.2, -0.15) is 0 Å². The first-order valence-electron chi connectivity index (χ1n) is 7.80. The lowest BCUT2D eigenvalue weighted by Gasteiger charge is -2.34. The summed E-state index contributed by atoms with van der Waals surface area (Å²) in [7, 11) is 0. The van der Waals surface area contributed by atoms with Crippen LogP contribution < -0.4 is 4.90 Å². The van der Waals surface area contributed by atoms with Crippen molar-refractivity contribution in [3.63, 3.8) is 0 Å². The van der Waals surface area contributed by atoms with Crippen molar-refractivity contribution in [1.82, 2.24) is 9.88 Å². The number of Topliss-reactive ketones (excluding diaryl/α,β-unsaturated/α-hetero) is 1. The Bertz CT molecular complexity index is 515. The standard InChI is InChI=1S/C15H21N3OS/c19-13-3-1-2-12-14(13)20-15(16-12)18-8-6-17(7-9-18)10-11-4-5-11/h11H,1-10H2. The van der Waals surface area contributed by atoms with Gasteiger partial charge in [-0.15, -0.1) is 0 Å². The van der Waals surface area contributed by atoms with Crippen LogP contribution in [0.5, 0.6) is 0 Å². The molecule has 20 heavy (non-hydrogen) atoms. The molecule has 2 fully saturated rings. The van der Waals surface area contributed by atoms with Gasteiger partial charge in [-0.1, -0.05) is 11.3 Å². The molecule has 0 unspecified atom stereocenters. The topological polar surface area (TPSA) is 36.4 Å².